The van der Waals surface area contributed by atoms with Crippen molar-refractivity contribution in [1.29, 1.82) is 0 Å². The van der Waals surface area contributed by atoms with Crippen molar-refractivity contribution in [3.8, 4) is 5.75 Å². The lowest BCUT2D eigenvalue weighted by atomic mass is 9.68. The van der Waals surface area contributed by atoms with Gasteiger partial charge in [0.05, 0.1) is 5.69 Å². The van der Waals surface area contributed by atoms with E-state index < -0.39 is 0 Å². The van der Waals surface area contributed by atoms with Crippen LogP contribution in [-0.2, 0) is 0 Å². The van der Waals surface area contributed by atoms with Crippen molar-refractivity contribution in [3.05, 3.63) is 18.2 Å². The lowest BCUT2D eigenvalue weighted by Crippen LogP contribution is -2.14. The van der Waals surface area contributed by atoms with Crippen LogP contribution in [0.25, 0.3) is 0 Å². The third-order valence-corrected chi connectivity index (χ3v) is 1.85. The fourth-order valence-electron chi connectivity index (χ4n) is 1.36. The summed E-state index contributed by atoms with van der Waals surface area (Å²) >= 11 is 0. The van der Waals surface area contributed by atoms with Crippen LogP contribution in [-0.4, -0.2) is 18.0 Å². The Kier molecular flexibility index (Phi) is 1.25. The minimum Gasteiger partial charge on any atom is -0.506 e. The molecule has 0 aromatic heterocycles. The van der Waals surface area contributed by atoms with Gasteiger partial charge < -0.3 is 5.11 Å². The molecule has 1 aliphatic heterocycles. The summed E-state index contributed by atoms with van der Waals surface area (Å²) in [5, 5.41) is 9.34. The van der Waals surface area contributed by atoms with E-state index in [1.165, 1.54) is 0 Å². The molecule has 11 heavy (non-hydrogen) atoms. The number of aromatic hydroxyl groups is 1. The van der Waals surface area contributed by atoms with Gasteiger partial charge in [0, 0.05) is 0 Å². The van der Waals surface area contributed by atoms with Gasteiger partial charge in [-0.1, -0.05) is 12.1 Å². The van der Waals surface area contributed by atoms with E-state index >= 15 is 0 Å². The molecule has 54 valence electrons. The molecule has 0 radical (unpaired) electrons. The van der Waals surface area contributed by atoms with Crippen LogP contribution < -0.4 is 5.46 Å². The standard InChI is InChI=1S/C8H8BNO/c1-5-9-6-3-2-4-7(11)8(6)10-5/h2-4,9,11H,1H3. The summed E-state index contributed by atoms with van der Waals surface area (Å²) in [4.78, 5) is 4.22. The highest BCUT2D eigenvalue weighted by Gasteiger charge is 2.14. The van der Waals surface area contributed by atoms with E-state index in [0.29, 0.717) is 5.75 Å². The molecule has 1 aromatic rings. The predicted octanol–water partition coefficient (Wildman–Crippen LogP) is 0.517. The Labute approximate surface area is 65.8 Å². The van der Waals surface area contributed by atoms with Crippen molar-refractivity contribution in [3.63, 3.8) is 0 Å². The monoisotopic (exact) mass is 145 g/mol. The zero-order chi connectivity index (χ0) is 7.84. The first kappa shape index (κ1) is 6.46. The zero-order valence-electron chi connectivity index (χ0n) is 6.33. The maximum absolute atomic E-state index is 9.34. The molecule has 0 saturated carbocycles. The number of rotatable bonds is 0. The normalized spacial score (nSPS) is 13.7. The molecular formula is C8H8BNO. The van der Waals surface area contributed by atoms with Crippen molar-refractivity contribution in [2.45, 2.75) is 6.92 Å². The van der Waals surface area contributed by atoms with Crippen LogP contribution in [0.5, 0.6) is 5.75 Å². The quantitative estimate of drug-likeness (QED) is 0.530. The predicted molar refractivity (Wildman–Crippen MR) is 47.7 cm³/mol. The fourth-order valence-corrected chi connectivity index (χ4v) is 1.36. The van der Waals surface area contributed by atoms with Crippen LogP contribution in [0.2, 0.25) is 0 Å². The Hall–Kier alpha value is -1.25. The second kappa shape index (κ2) is 2.12. The second-order valence-corrected chi connectivity index (χ2v) is 2.81. The lowest BCUT2D eigenvalue weighted by molar-refractivity contribution is 0.477. The number of phenols is 1. The van der Waals surface area contributed by atoms with Gasteiger partial charge in [-0.2, -0.15) is 0 Å². The Morgan fingerprint density at radius 3 is 3.00 bits per heavy atom. The van der Waals surface area contributed by atoms with Gasteiger partial charge in [0.2, 0.25) is 7.28 Å². The highest BCUT2D eigenvalue weighted by molar-refractivity contribution is 6.88. The van der Waals surface area contributed by atoms with Gasteiger partial charge in [0.25, 0.3) is 0 Å². The number of fused-ring (bicyclic) bond motifs is 1. The van der Waals surface area contributed by atoms with E-state index in [1.54, 1.807) is 6.07 Å². The minimum atomic E-state index is 0.291. The van der Waals surface area contributed by atoms with E-state index in [4.69, 9.17) is 0 Å². The summed E-state index contributed by atoms with van der Waals surface area (Å²) < 4.78 is 0. The molecule has 1 aromatic carbocycles. The molecule has 2 rings (SSSR count). The first-order valence-corrected chi connectivity index (χ1v) is 3.62. The van der Waals surface area contributed by atoms with Gasteiger partial charge in [-0.25, -0.2) is 0 Å². The van der Waals surface area contributed by atoms with Crippen LogP contribution in [0.3, 0.4) is 0 Å². The molecule has 2 nitrogen and oxygen atoms in total. The van der Waals surface area contributed by atoms with E-state index in [2.05, 4.69) is 4.99 Å². The molecule has 0 amide bonds. The molecule has 1 heterocycles. The molecule has 0 unspecified atom stereocenters. The van der Waals surface area contributed by atoms with Crippen LogP contribution in [0.1, 0.15) is 6.92 Å². The lowest BCUT2D eigenvalue weighted by Gasteiger charge is -1.97. The summed E-state index contributed by atoms with van der Waals surface area (Å²) in [6.45, 7) is 1.97. The average molecular weight is 145 g/mol. The Balaban J connectivity index is 2.61. The SMILES string of the molecule is CC1=Nc2c(O)cccc2B1. The number of hydrogen-bond donors (Lipinski definition) is 1. The number of hydrogen-bond acceptors (Lipinski definition) is 2. The second-order valence-electron chi connectivity index (χ2n) is 2.81. The van der Waals surface area contributed by atoms with Gasteiger partial charge in [-0.15, -0.1) is 0 Å². The van der Waals surface area contributed by atoms with E-state index in [-0.39, 0.29) is 0 Å². The van der Waals surface area contributed by atoms with E-state index in [1.807, 2.05) is 19.1 Å². The third kappa shape index (κ3) is 0.927. The van der Waals surface area contributed by atoms with E-state index in [0.717, 1.165) is 24.0 Å². The number of benzene rings is 1. The van der Waals surface area contributed by atoms with Gasteiger partial charge in [0.15, 0.2) is 0 Å². The van der Waals surface area contributed by atoms with Crippen LogP contribution in [0, 0.1) is 0 Å². The van der Waals surface area contributed by atoms with Gasteiger partial charge in [-0.05, 0) is 24.1 Å². The first-order valence-electron chi connectivity index (χ1n) is 3.62. The van der Waals surface area contributed by atoms with Crippen LogP contribution in [0.4, 0.5) is 5.69 Å². The minimum absolute atomic E-state index is 0.291. The maximum Gasteiger partial charge on any atom is 0.213 e. The third-order valence-electron chi connectivity index (χ3n) is 1.85. The Bertz CT molecular complexity index is 333. The van der Waals surface area contributed by atoms with Gasteiger partial charge in [0.1, 0.15) is 5.75 Å². The van der Waals surface area contributed by atoms with Crippen LogP contribution in [0.15, 0.2) is 23.2 Å². The molecular weight excluding hydrogens is 137 g/mol. The fraction of sp³-hybridized carbons (Fsp3) is 0.125. The summed E-state index contributed by atoms with van der Waals surface area (Å²) in [7, 11) is 0.879. The van der Waals surface area contributed by atoms with Gasteiger partial charge >= 0.3 is 0 Å². The van der Waals surface area contributed by atoms with Crippen molar-refractivity contribution in [2.75, 3.05) is 0 Å². The Morgan fingerprint density at radius 2 is 2.27 bits per heavy atom. The summed E-state index contributed by atoms with van der Waals surface area (Å²) in [5.41, 5.74) is 2.95. The highest BCUT2D eigenvalue weighted by atomic mass is 16.3. The number of nitrogens with zero attached hydrogens (tertiary/aromatic N) is 1. The zero-order valence-corrected chi connectivity index (χ0v) is 6.33. The summed E-state index contributed by atoms with van der Waals surface area (Å²) in [5.74, 6) is 0.291. The van der Waals surface area contributed by atoms with Gasteiger partial charge in [-0.3, -0.25) is 4.99 Å². The molecule has 0 saturated heterocycles. The van der Waals surface area contributed by atoms with Crippen LogP contribution >= 0.6 is 0 Å². The van der Waals surface area contributed by atoms with Crippen molar-refractivity contribution < 1.29 is 5.11 Å². The summed E-state index contributed by atoms with van der Waals surface area (Å²) in [6, 6.07) is 5.51. The number of phenolic OH excluding ortho intramolecular Hbond substituents is 1. The smallest absolute Gasteiger partial charge is 0.213 e. The molecule has 1 aliphatic rings. The number of aliphatic imine (C=N–C) groups is 1. The molecule has 0 fully saturated rings. The van der Waals surface area contributed by atoms with Crippen molar-refractivity contribution >= 4 is 24.0 Å². The molecule has 1 N–H and O–H groups in total. The molecule has 0 aliphatic carbocycles. The average Bonchev–Trinajstić information content (AvgIpc) is 2.31. The molecule has 0 bridgehead atoms. The Morgan fingerprint density at radius 1 is 1.45 bits per heavy atom. The maximum atomic E-state index is 9.34. The van der Waals surface area contributed by atoms with Crippen molar-refractivity contribution in [1.82, 2.24) is 0 Å². The van der Waals surface area contributed by atoms with Crippen molar-refractivity contribution in [2.24, 2.45) is 4.99 Å². The largest absolute Gasteiger partial charge is 0.506 e. The topological polar surface area (TPSA) is 32.6 Å². The van der Waals surface area contributed by atoms with E-state index in [9.17, 15) is 5.11 Å². The molecule has 0 atom stereocenters. The number of para-hydroxylation sites is 1. The first-order chi connectivity index (χ1) is 5.27. The molecule has 3 heteroatoms. The molecule has 0 spiro atoms. The highest BCUT2D eigenvalue weighted by Crippen LogP contribution is 2.25. The summed E-state index contributed by atoms with van der Waals surface area (Å²) in [6.07, 6.45) is 0.